The second-order valence-corrected chi connectivity index (χ2v) is 5.22. The Balaban J connectivity index is 2.25. The van der Waals surface area contributed by atoms with Crippen LogP contribution in [-0.4, -0.2) is 43.9 Å². The molecule has 0 aliphatic heterocycles. The average Bonchev–Trinajstić information content (AvgIpc) is 2.53. The molecule has 114 valence electrons. The minimum absolute atomic E-state index is 0.0878. The molecule has 0 saturated heterocycles. The first-order valence-electron chi connectivity index (χ1n) is 7.08. The van der Waals surface area contributed by atoms with E-state index in [4.69, 9.17) is 9.47 Å². The lowest BCUT2D eigenvalue weighted by molar-refractivity contribution is -0.121. The maximum absolute atomic E-state index is 12.8. The van der Waals surface area contributed by atoms with Gasteiger partial charge in [-0.25, -0.2) is 0 Å². The van der Waals surface area contributed by atoms with E-state index in [9.17, 15) is 9.59 Å². The highest BCUT2D eigenvalue weighted by molar-refractivity contribution is 5.99. The summed E-state index contributed by atoms with van der Waals surface area (Å²) in [6, 6.07) is 5.36. The van der Waals surface area contributed by atoms with Gasteiger partial charge in [0.05, 0.1) is 14.2 Å². The summed E-state index contributed by atoms with van der Waals surface area (Å²) in [6.45, 7) is 0. The molecule has 2 rings (SSSR count). The number of hydrogen-bond acceptors (Lipinski definition) is 4. The topological polar surface area (TPSA) is 55.8 Å². The second kappa shape index (κ2) is 6.61. The van der Waals surface area contributed by atoms with Gasteiger partial charge in [-0.1, -0.05) is 6.07 Å². The van der Waals surface area contributed by atoms with Crippen molar-refractivity contribution in [2.75, 3.05) is 21.3 Å². The predicted octanol–water partition coefficient (Wildman–Crippen LogP) is 2.29. The van der Waals surface area contributed by atoms with E-state index in [1.165, 1.54) is 14.2 Å². The molecule has 21 heavy (non-hydrogen) atoms. The van der Waals surface area contributed by atoms with E-state index in [0.717, 1.165) is 12.8 Å². The number of methoxy groups -OCH3 is 2. The van der Waals surface area contributed by atoms with Crippen LogP contribution < -0.4 is 9.47 Å². The van der Waals surface area contributed by atoms with Gasteiger partial charge in [0.15, 0.2) is 0 Å². The van der Waals surface area contributed by atoms with Gasteiger partial charge in [0.1, 0.15) is 22.8 Å². The van der Waals surface area contributed by atoms with Crippen LogP contribution in [0, 0.1) is 0 Å². The van der Waals surface area contributed by atoms with Gasteiger partial charge in [-0.2, -0.15) is 0 Å². The molecule has 0 spiro atoms. The molecular formula is C16H21NO4. The SMILES string of the molecule is COc1cccc(OC)c1C(=O)N(C)C1CCC(=O)CC1. The molecule has 0 heterocycles. The van der Waals surface area contributed by atoms with Crippen LogP contribution in [0.1, 0.15) is 36.0 Å². The van der Waals surface area contributed by atoms with Crippen LogP contribution in [0.5, 0.6) is 11.5 Å². The largest absolute Gasteiger partial charge is 0.496 e. The van der Waals surface area contributed by atoms with E-state index in [1.807, 2.05) is 0 Å². The van der Waals surface area contributed by atoms with Crippen LogP contribution in [0.4, 0.5) is 0 Å². The maximum Gasteiger partial charge on any atom is 0.261 e. The predicted molar refractivity (Wildman–Crippen MR) is 78.9 cm³/mol. The number of rotatable bonds is 4. The Morgan fingerprint density at radius 1 is 1.14 bits per heavy atom. The molecule has 1 aliphatic carbocycles. The summed E-state index contributed by atoms with van der Waals surface area (Å²) in [5, 5.41) is 0. The van der Waals surface area contributed by atoms with Crippen molar-refractivity contribution in [2.45, 2.75) is 31.7 Å². The maximum atomic E-state index is 12.8. The molecular weight excluding hydrogens is 270 g/mol. The lowest BCUT2D eigenvalue weighted by Gasteiger charge is -2.31. The fraction of sp³-hybridized carbons (Fsp3) is 0.500. The Kier molecular flexibility index (Phi) is 4.83. The van der Waals surface area contributed by atoms with E-state index in [2.05, 4.69) is 0 Å². The van der Waals surface area contributed by atoms with Crippen LogP contribution >= 0.6 is 0 Å². The molecule has 1 aromatic carbocycles. The van der Waals surface area contributed by atoms with Gasteiger partial charge in [0.25, 0.3) is 5.91 Å². The van der Waals surface area contributed by atoms with Crippen molar-refractivity contribution in [1.29, 1.82) is 0 Å². The Labute approximate surface area is 124 Å². The van der Waals surface area contributed by atoms with Crippen molar-refractivity contribution in [3.05, 3.63) is 23.8 Å². The number of benzene rings is 1. The summed E-state index contributed by atoms with van der Waals surface area (Å²) in [5.74, 6) is 1.14. The molecule has 0 unspecified atom stereocenters. The van der Waals surface area contributed by atoms with E-state index in [1.54, 1.807) is 30.1 Å². The third kappa shape index (κ3) is 3.17. The molecule has 0 radical (unpaired) electrons. The van der Waals surface area contributed by atoms with E-state index in [-0.39, 0.29) is 17.7 Å². The summed E-state index contributed by atoms with van der Waals surface area (Å²) < 4.78 is 10.6. The average molecular weight is 291 g/mol. The van der Waals surface area contributed by atoms with Crippen LogP contribution in [0.15, 0.2) is 18.2 Å². The highest BCUT2D eigenvalue weighted by atomic mass is 16.5. The monoisotopic (exact) mass is 291 g/mol. The lowest BCUT2D eigenvalue weighted by Crippen LogP contribution is -2.39. The smallest absolute Gasteiger partial charge is 0.261 e. The standard InChI is InChI=1S/C16H21NO4/c1-17(11-7-9-12(18)10-8-11)16(19)15-13(20-2)5-4-6-14(15)21-3/h4-6,11H,7-10H2,1-3H3. The van der Waals surface area contributed by atoms with E-state index < -0.39 is 0 Å². The molecule has 1 fully saturated rings. The third-order valence-corrected chi connectivity index (χ3v) is 4.02. The highest BCUT2D eigenvalue weighted by Crippen LogP contribution is 2.31. The van der Waals surface area contributed by atoms with Crippen LogP contribution in [0.2, 0.25) is 0 Å². The number of nitrogens with zero attached hydrogens (tertiary/aromatic N) is 1. The highest BCUT2D eigenvalue weighted by Gasteiger charge is 2.29. The fourth-order valence-electron chi connectivity index (χ4n) is 2.72. The molecule has 0 aromatic heterocycles. The van der Waals surface area contributed by atoms with Crippen molar-refractivity contribution >= 4 is 11.7 Å². The van der Waals surface area contributed by atoms with Gasteiger partial charge >= 0.3 is 0 Å². The van der Waals surface area contributed by atoms with Crippen LogP contribution in [-0.2, 0) is 4.79 Å². The number of carbonyl (C=O) groups excluding carboxylic acids is 2. The molecule has 0 N–H and O–H groups in total. The number of carbonyl (C=O) groups is 2. The summed E-state index contributed by atoms with van der Waals surface area (Å²) in [4.78, 5) is 25.8. The lowest BCUT2D eigenvalue weighted by atomic mass is 9.93. The second-order valence-electron chi connectivity index (χ2n) is 5.22. The molecule has 1 amide bonds. The zero-order valence-electron chi connectivity index (χ0n) is 12.7. The summed E-state index contributed by atoms with van der Waals surface area (Å²) in [6.07, 6.45) is 2.54. The van der Waals surface area contributed by atoms with Gasteiger partial charge in [-0.3, -0.25) is 9.59 Å². The molecule has 1 aromatic rings. The molecule has 5 nitrogen and oxygen atoms in total. The Hall–Kier alpha value is -2.04. The van der Waals surface area contributed by atoms with Crippen LogP contribution in [0.3, 0.4) is 0 Å². The van der Waals surface area contributed by atoms with Crippen molar-refractivity contribution in [3.8, 4) is 11.5 Å². The molecule has 0 atom stereocenters. The minimum atomic E-state index is -0.136. The van der Waals surface area contributed by atoms with Gasteiger partial charge in [0.2, 0.25) is 0 Å². The quantitative estimate of drug-likeness (QED) is 0.854. The zero-order chi connectivity index (χ0) is 15.4. The number of hydrogen-bond donors (Lipinski definition) is 0. The first kappa shape index (κ1) is 15.4. The van der Waals surface area contributed by atoms with Crippen molar-refractivity contribution < 1.29 is 19.1 Å². The van der Waals surface area contributed by atoms with Crippen LogP contribution in [0.25, 0.3) is 0 Å². The van der Waals surface area contributed by atoms with Crippen molar-refractivity contribution in [2.24, 2.45) is 0 Å². The number of ketones is 1. The molecule has 5 heteroatoms. The van der Waals surface area contributed by atoms with Gasteiger partial charge < -0.3 is 14.4 Å². The zero-order valence-corrected chi connectivity index (χ0v) is 12.7. The minimum Gasteiger partial charge on any atom is -0.496 e. The fourth-order valence-corrected chi connectivity index (χ4v) is 2.72. The third-order valence-electron chi connectivity index (χ3n) is 4.02. The van der Waals surface area contributed by atoms with E-state index in [0.29, 0.717) is 29.9 Å². The first-order valence-corrected chi connectivity index (χ1v) is 7.08. The normalized spacial score (nSPS) is 15.7. The summed E-state index contributed by atoms with van der Waals surface area (Å²) in [7, 11) is 4.84. The number of ether oxygens (including phenoxy) is 2. The Bertz CT molecular complexity index is 509. The Morgan fingerprint density at radius 2 is 1.67 bits per heavy atom. The summed E-state index contributed by atoms with van der Waals surface area (Å²) >= 11 is 0. The van der Waals surface area contributed by atoms with Gasteiger partial charge in [-0.05, 0) is 25.0 Å². The van der Waals surface area contributed by atoms with Crippen molar-refractivity contribution in [1.82, 2.24) is 4.90 Å². The molecule has 1 saturated carbocycles. The molecule has 1 aliphatic rings. The Morgan fingerprint density at radius 3 is 2.14 bits per heavy atom. The van der Waals surface area contributed by atoms with Gasteiger partial charge in [0, 0.05) is 25.9 Å². The van der Waals surface area contributed by atoms with E-state index >= 15 is 0 Å². The molecule has 0 bridgehead atoms. The van der Waals surface area contributed by atoms with Gasteiger partial charge in [-0.15, -0.1) is 0 Å². The number of amides is 1. The number of Topliss-reactive ketones (excluding diaryl/α,β-unsaturated/α-hetero) is 1. The van der Waals surface area contributed by atoms with Crippen molar-refractivity contribution in [3.63, 3.8) is 0 Å². The summed E-state index contributed by atoms with van der Waals surface area (Å²) in [5.41, 5.74) is 0.432. The first-order chi connectivity index (χ1) is 10.1.